The standard InChI is InChI=1S/C59H82N14O22S4/c1-26(47(82)62-29(4)50(85)72-46(30(5)74)57(92)61-22-43(77)66-40(24-97-96)54(89)70-39(59(94)95)20-32-10-14-34(76)15-11-32)65-56(91)42-7-6-18-73(42)58(93)38(21-45(80)81)69-55(90)41-25-99-98-23-35(60)51(86)63-27(2)48(83)67-36(16-17-44(78)79)52(87)68-37(19-31-8-12-33(75)13-9-31)53(88)64-28(3)49(84)71-41/h8-15,26-30,35-42,46,74-76,96H,6-7,16-25,60H2,1-5H3,(H,61,92)(H,62,82)(H,63,86)(H,64,88)(H,65,91)(H,66,77)(H,67,83)(H,68,87)(H,69,90)(H,70,89)(H,71,84)(H,72,85)(H,78,79)(H,80,81)(H,94,95)/t26-,27-,28-,29-,30-,35-,36-,37-,38-,39-,40-,41-,42-,46-/m0/s1. The van der Waals surface area contributed by atoms with Crippen LogP contribution in [0.25, 0.3) is 0 Å². The van der Waals surface area contributed by atoms with Crippen molar-refractivity contribution in [2.45, 2.75) is 164 Å². The van der Waals surface area contributed by atoms with Crippen molar-refractivity contribution in [3.63, 3.8) is 0 Å². The summed E-state index contributed by atoms with van der Waals surface area (Å²) in [6.45, 7) is 5.01. The number of likely N-dealkylation sites (tertiary alicyclic amines) is 1. The van der Waals surface area contributed by atoms with Crippen molar-refractivity contribution in [1.29, 1.82) is 0 Å². The number of hydrogen-bond acceptors (Lipinski definition) is 24. The Labute approximate surface area is 583 Å². The molecule has 14 atom stereocenters. The molecule has 13 amide bonds. The number of rotatable bonds is 28. The van der Waals surface area contributed by atoms with E-state index in [9.17, 15) is 107 Å². The van der Waals surface area contributed by atoms with Gasteiger partial charge >= 0.3 is 17.9 Å². The van der Waals surface area contributed by atoms with Crippen LogP contribution < -0.4 is 69.5 Å². The minimum Gasteiger partial charge on any atom is -0.508 e. The molecule has 36 nitrogen and oxygen atoms in total. The van der Waals surface area contributed by atoms with Gasteiger partial charge in [0.15, 0.2) is 0 Å². The van der Waals surface area contributed by atoms with E-state index in [0.717, 1.165) is 44.2 Å². The molecule has 2 heterocycles. The van der Waals surface area contributed by atoms with Crippen LogP contribution in [-0.2, 0) is 89.6 Å². The van der Waals surface area contributed by atoms with Crippen molar-refractivity contribution >= 4 is 139 Å². The number of nitrogens with zero attached hydrogens (tertiary/aromatic N) is 1. The third kappa shape index (κ3) is 27.3. The summed E-state index contributed by atoms with van der Waals surface area (Å²) in [6.07, 6.45) is -4.14. The third-order valence-electron chi connectivity index (χ3n) is 15.0. The van der Waals surface area contributed by atoms with Gasteiger partial charge < -0.3 is 105 Å². The molecule has 0 radical (unpaired) electrons. The Morgan fingerprint density at radius 3 is 1.77 bits per heavy atom. The second-order valence-electron chi connectivity index (χ2n) is 23.1. The molecule has 2 saturated heterocycles. The van der Waals surface area contributed by atoms with Gasteiger partial charge in [-0.05, 0) is 89.3 Å². The first-order chi connectivity index (χ1) is 46.6. The van der Waals surface area contributed by atoms with Crippen LogP contribution in [0.15, 0.2) is 48.5 Å². The molecule has 2 aliphatic rings. The molecule has 20 N–H and O–H groups in total. The fraction of sp³-hybridized carbons (Fsp3) is 0.525. The molecule has 40 heteroatoms. The van der Waals surface area contributed by atoms with Gasteiger partial charge in [-0.15, -0.1) is 11.7 Å². The molecule has 0 saturated carbocycles. The highest BCUT2D eigenvalue weighted by atomic mass is 33.1. The van der Waals surface area contributed by atoms with E-state index in [1.54, 1.807) is 0 Å². The van der Waals surface area contributed by atoms with Crippen LogP contribution in [-0.4, -0.2) is 245 Å². The van der Waals surface area contributed by atoms with E-state index in [1.807, 2.05) is 0 Å². The predicted octanol–water partition coefficient (Wildman–Crippen LogP) is -5.49. The first-order valence-electron chi connectivity index (χ1n) is 30.7. The highest BCUT2D eigenvalue weighted by molar-refractivity contribution is 8.76. The van der Waals surface area contributed by atoms with E-state index in [-0.39, 0.29) is 61.0 Å². The predicted molar refractivity (Wildman–Crippen MR) is 358 cm³/mol. The lowest BCUT2D eigenvalue weighted by Crippen LogP contribution is -2.61. The number of nitrogens with two attached hydrogens (primary N) is 1. The van der Waals surface area contributed by atoms with Gasteiger partial charge in [-0.1, -0.05) is 56.6 Å². The number of benzene rings is 2. The van der Waals surface area contributed by atoms with Crippen LogP contribution in [0.4, 0.5) is 0 Å². The summed E-state index contributed by atoms with van der Waals surface area (Å²) in [7, 11) is 2.63. The number of carbonyl (C=O) groups is 16. The molecular weight excluding hydrogens is 1380 g/mol. The van der Waals surface area contributed by atoms with Crippen LogP contribution in [0, 0.1) is 0 Å². The van der Waals surface area contributed by atoms with Gasteiger partial charge in [-0.2, -0.15) is 0 Å². The van der Waals surface area contributed by atoms with E-state index in [0.29, 0.717) is 11.1 Å². The largest absolute Gasteiger partial charge is 0.508 e. The van der Waals surface area contributed by atoms with Crippen molar-refractivity contribution in [2.75, 3.05) is 30.3 Å². The molecule has 544 valence electrons. The van der Waals surface area contributed by atoms with Crippen molar-refractivity contribution in [3.8, 4) is 11.5 Å². The van der Waals surface area contributed by atoms with Crippen molar-refractivity contribution < 1.29 is 107 Å². The van der Waals surface area contributed by atoms with E-state index < -0.39 is 205 Å². The Morgan fingerprint density at radius 2 is 1.18 bits per heavy atom. The number of aliphatic hydroxyl groups excluding tert-OH is 1. The van der Waals surface area contributed by atoms with Crippen LogP contribution in [0.3, 0.4) is 0 Å². The Balaban J connectivity index is 1.43. The Morgan fingerprint density at radius 1 is 0.626 bits per heavy atom. The van der Waals surface area contributed by atoms with Crippen LogP contribution >= 0.6 is 44.0 Å². The number of carbonyl (C=O) groups excluding carboxylic acids is 13. The van der Waals surface area contributed by atoms with E-state index >= 15 is 0 Å². The summed E-state index contributed by atoms with van der Waals surface area (Å²) in [6, 6.07) is -8.79. The number of phenols is 2. The lowest BCUT2D eigenvalue weighted by Gasteiger charge is -2.30. The first kappa shape index (κ1) is 82.3. The number of carboxylic acids is 3. The molecule has 2 aliphatic heterocycles. The number of thiol groups is 1. The van der Waals surface area contributed by atoms with E-state index in [2.05, 4.69) is 75.5 Å². The minimum atomic E-state index is -1.92. The smallest absolute Gasteiger partial charge is 0.326 e. The molecule has 2 fully saturated rings. The van der Waals surface area contributed by atoms with Gasteiger partial charge in [0.25, 0.3) is 0 Å². The molecule has 0 aromatic heterocycles. The summed E-state index contributed by atoms with van der Waals surface area (Å²) in [4.78, 5) is 214. The summed E-state index contributed by atoms with van der Waals surface area (Å²) in [5.41, 5.74) is 6.95. The summed E-state index contributed by atoms with van der Waals surface area (Å²) >= 11 is 4.02. The van der Waals surface area contributed by atoms with Crippen LogP contribution in [0.5, 0.6) is 11.5 Å². The highest BCUT2D eigenvalue weighted by Gasteiger charge is 2.41. The first-order valence-corrected chi connectivity index (χ1v) is 35.2. The SMILES string of the molecule is C[C@H](NC(=O)[C@H](C)NC(=O)[C@@H]1CCCN1C(=O)[C@H](CC(=O)O)NC(=O)[C@@H]1CSSC[C@H](N)C(=O)N[C@@H](C)C(=O)N[C@@H](CCC(=O)O)C(=O)N[C@@H](Cc2ccc(O)cc2)C(=O)N[C@@H](C)C(=O)N1)C(=O)N[C@H](C(=O)NCC(=O)N[C@@H](CSS)C(=O)N[C@@H](Cc1ccc(O)cc1)C(=O)O)[C@H](C)O. The van der Waals surface area contributed by atoms with Gasteiger partial charge in [-0.3, -0.25) is 71.9 Å². The number of nitrogens with one attached hydrogen (secondary N) is 12. The molecule has 0 spiro atoms. The Bertz CT molecular complexity index is 3280. The van der Waals surface area contributed by atoms with Crippen molar-refractivity contribution in [2.24, 2.45) is 5.73 Å². The van der Waals surface area contributed by atoms with Gasteiger partial charge in [-0.25, -0.2) is 4.79 Å². The average molecular weight is 1470 g/mol. The van der Waals surface area contributed by atoms with E-state index in [1.165, 1.54) is 76.2 Å². The maximum atomic E-state index is 14.3. The molecule has 2 aromatic rings. The molecule has 99 heavy (non-hydrogen) atoms. The maximum Gasteiger partial charge on any atom is 0.326 e. The second kappa shape index (κ2) is 40.1. The molecule has 0 unspecified atom stereocenters. The Kier molecular flexibility index (Phi) is 33.3. The monoisotopic (exact) mass is 1470 g/mol. The number of aliphatic carboxylic acids is 3. The average Bonchev–Trinajstić information content (AvgIpc) is 1.75. The van der Waals surface area contributed by atoms with Crippen molar-refractivity contribution in [1.82, 2.24) is 68.7 Å². The number of aliphatic hydroxyl groups is 1. The zero-order chi connectivity index (χ0) is 74.0. The van der Waals surface area contributed by atoms with Gasteiger partial charge in [0.05, 0.1) is 25.1 Å². The third-order valence-corrected chi connectivity index (χ3v) is 18.4. The number of aromatic hydroxyl groups is 2. The van der Waals surface area contributed by atoms with Gasteiger partial charge in [0, 0.05) is 43.1 Å². The summed E-state index contributed by atoms with van der Waals surface area (Å²) < 4.78 is 0. The molecule has 0 bridgehead atoms. The lowest BCUT2D eigenvalue weighted by atomic mass is 10.0. The van der Waals surface area contributed by atoms with Gasteiger partial charge in [0.1, 0.15) is 84.0 Å². The number of phenolic OH excluding ortho intramolecular Hbond substituents is 2. The quantitative estimate of drug-likeness (QED) is 0.0279. The number of hydrogen-bond donors (Lipinski definition) is 20. The topological polar surface area (TPSA) is 568 Å². The minimum absolute atomic E-state index is 0.0308. The molecule has 4 rings (SSSR count). The maximum absolute atomic E-state index is 14.3. The van der Waals surface area contributed by atoms with Crippen molar-refractivity contribution in [3.05, 3.63) is 59.7 Å². The summed E-state index contributed by atoms with van der Waals surface area (Å²) in [5, 5.41) is 87.5. The zero-order valence-corrected chi connectivity index (χ0v) is 57.4. The fourth-order valence-electron chi connectivity index (χ4n) is 9.47. The molecule has 2 aromatic carbocycles. The van der Waals surface area contributed by atoms with E-state index in [4.69, 9.17) is 5.73 Å². The molecule has 0 aliphatic carbocycles. The van der Waals surface area contributed by atoms with Gasteiger partial charge in [0.2, 0.25) is 76.8 Å². The fourth-order valence-corrected chi connectivity index (χ4v) is 12.6. The number of amides is 13. The lowest BCUT2D eigenvalue weighted by molar-refractivity contribution is -0.146. The van der Waals surface area contributed by atoms with Crippen LogP contribution in [0.2, 0.25) is 0 Å². The second-order valence-corrected chi connectivity index (χ2v) is 27.0. The van der Waals surface area contributed by atoms with Crippen LogP contribution in [0.1, 0.15) is 77.8 Å². The normalized spacial score (nSPS) is 21.7. The summed E-state index contributed by atoms with van der Waals surface area (Å²) in [5.74, 6) is -18.3. The zero-order valence-electron chi connectivity index (χ0n) is 54.1. The molecular formula is C59H82N14O22S4. The highest BCUT2D eigenvalue weighted by Crippen LogP contribution is 2.24. The Hall–Kier alpha value is -9.12. The number of carboxylic acid groups (broad SMARTS) is 3.